The highest BCUT2D eigenvalue weighted by atomic mass is 32.2. The second-order valence-electron chi connectivity index (χ2n) is 12.6. The molecule has 15 heteroatoms. The van der Waals surface area contributed by atoms with E-state index in [1.54, 1.807) is 53.2 Å². The van der Waals surface area contributed by atoms with E-state index in [1.165, 1.54) is 11.8 Å². The predicted molar refractivity (Wildman–Crippen MR) is 192 cm³/mol. The Morgan fingerprint density at radius 3 is 2.45 bits per heavy atom. The van der Waals surface area contributed by atoms with Crippen LogP contribution in [0.1, 0.15) is 48.0 Å². The van der Waals surface area contributed by atoms with Gasteiger partial charge in [-0.1, -0.05) is 85.4 Å². The van der Waals surface area contributed by atoms with Crippen molar-refractivity contribution in [2.75, 3.05) is 10.7 Å². The number of anilines is 1. The number of aliphatic hydroxyl groups is 1. The zero-order valence-electron chi connectivity index (χ0n) is 28.5. The van der Waals surface area contributed by atoms with Gasteiger partial charge in [0.05, 0.1) is 36.6 Å². The van der Waals surface area contributed by atoms with Crippen LogP contribution in [0.3, 0.4) is 0 Å². The lowest BCUT2D eigenvalue weighted by molar-refractivity contribution is -0.268. The van der Waals surface area contributed by atoms with E-state index in [2.05, 4.69) is 20.8 Å². The summed E-state index contributed by atoms with van der Waals surface area (Å²) in [4.78, 5) is 40.2. The van der Waals surface area contributed by atoms with Crippen molar-refractivity contribution in [3.8, 4) is 11.4 Å². The summed E-state index contributed by atoms with van der Waals surface area (Å²) >= 11 is 1.40. The van der Waals surface area contributed by atoms with E-state index in [0.717, 1.165) is 21.6 Å². The molecule has 272 valence electrons. The molecule has 3 amide bonds. The molecule has 3 heterocycles. The van der Waals surface area contributed by atoms with Crippen molar-refractivity contribution in [3.05, 3.63) is 125 Å². The summed E-state index contributed by atoms with van der Waals surface area (Å²) in [5.74, 6) is -0.619. The normalized spacial score (nSPS) is 21.5. The number of rotatable bonds is 11. The summed E-state index contributed by atoms with van der Waals surface area (Å²) in [5, 5.41) is 34.6. The maximum absolute atomic E-state index is 13.5. The largest absolute Gasteiger partial charge is 0.508 e. The number of phenols is 1. The van der Waals surface area contributed by atoms with Crippen molar-refractivity contribution >= 4 is 35.4 Å². The Balaban J connectivity index is 1.09. The van der Waals surface area contributed by atoms with Crippen molar-refractivity contribution < 1.29 is 38.8 Å². The highest BCUT2D eigenvalue weighted by molar-refractivity contribution is 7.99. The number of hydrogen-bond acceptors (Lipinski definition) is 12. The maximum atomic E-state index is 13.5. The number of imide groups is 1. The second-order valence-corrected chi connectivity index (χ2v) is 13.6. The number of aromatic hydroxyl groups is 1. The molecule has 7 rings (SSSR count). The average molecular weight is 737 g/mol. The number of carbonyl (C=O) groups is 3. The second kappa shape index (κ2) is 16.0. The lowest BCUT2D eigenvalue weighted by Gasteiger charge is -2.41. The van der Waals surface area contributed by atoms with E-state index in [-0.39, 0.29) is 37.4 Å². The number of aliphatic hydroxyl groups excluding tert-OH is 1. The standard InChI is InChI=1S/C38H36N6O8S/c1-23-32(22-53-37-40-41-42-44(37)28-14-16-30(46)17-15-28)51-36(52-34(23)26-12-10-24(20-45)11-13-26)27-8-5-9-29(18-27)43-33(47)19-31(35(43)48)39-38(49)50-21-25-6-3-2-4-7-25/h2-18,23,31-32,34,36,45-46H,19-22H2,1H3,(H,39,49). The molecule has 2 aliphatic heterocycles. The molecule has 2 saturated heterocycles. The van der Waals surface area contributed by atoms with Crippen molar-refractivity contribution in [1.82, 2.24) is 25.5 Å². The lowest BCUT2D eigenvalue weighted by atomic mass is 9.91. The Labute approximate surface area is 308 Å². The van der Waals surface area contributed by atoms with Crippen LogP contribution >= 0.6 is 11.8 Å². The Morgan fingerprint density at radius 1 is 0.925 bits per heavy atom. The Kier molecular flexibility index (Phi) is 10.8. The third-order valence-corrected chi connectivity index (χ3v) is 10.1. The highest BCUT2D eigenvalue weighted by Gasteiger charge is 2.42. The van der Waals surface area contributed by atoms with Crippen LogP contribution in [0.15, 0.2) is 108 Å². The number of carbonyl (C=O) groups excluding carboxylic acids is 3. The number of phenolic OH excluding ortho intramolecular Hbond substituents is 1. The zero-order chi connectivity index (χ0) is 36.9. The van der Waals surface area contributed by atoms with Crippen molar-refractivity contribution in [1.29, 1.82) is 0 Å². The molecule has 2 fully saturated rings. The molecule has 5 unspecified atom stereocenters. The lowest BCUT2D eigenvalue weighted by Crippen LogP contribution is -2.42. The van der Waals surface area contributed by atoms with Crippen LogP contribution in [0.5, 0.6) is 5.75 Å². The minimum Gasteiger partial charge on any atom is -0.508 e. The highest BCUT2D eigenvalue weighted by Crippen LogP contribution is 2.43. The van der Waals surface area contributed by atoms with Gasteiger partial charge in [-0.25, -0.2) is 9.69 Å². The molecule has 5 atom stereocenters. The molecule has 5 aromatic rings. The SMILES string of the molecule is CC1C(CSc2nnnn2-c2ccc(O)cc2)OC(c2cccc(N3C(=O)CC(NC(=O)OCc4ccccc4)C3=O)c2)OC1c1ccc(CO)cc1. The van der Waals surface area contributed by atoms with Crippen LogP contribution < -0.4 is 10.2 Å². The summed E-state index contributed by atoms with van der Waals surface area (Å²) in [6.07, 6.45) is -2.70. The van der Waals surface area contributed by atoms with Crippen LogP contribution in [0.25, 0.3) is 5.69 Å². The molecule has 0 saturated carbocycles. The molecule has 1 aromatic heterocycles. The Hall–Kier alpha value is -5.61. The molecule has 2 aliphatic rings. The number of aromatic nitrogens is 4. The average Bonchev–Trinajstić information content (AvgIpc) is 3.77. The topological polar surface area (TPSA) is 178 Å². The minimum absolute atomic E-state index is 0.0226. The van der Waals surface area contributed by atoms with E-state index < -0.39 is 36.3 Å². The summed E-state index contributed by atoms with van der Waals surface area (Å²) in [6.45, 7) is 1.97. The summed E-state index contributed by atoms with van der Waals surface area (Å²) < 4.78 is 20.0. The number of benzene rings is 4. The smallest absolute Gasteiger partial charge is 0.408 e. The van der Waals surface area contributed by atoms with Crippen LogP contribution in [0, 0.1) is 5.92 Å². The quantitative estimate of drug-likeness (QED) is 0.122. The van der Waals surface area contributed by atoms with Crippen LogP contribution in [0.4, 0.5) is 10.5 Å². The molecule has 14 nitrogen and oxygen atoms in total. The number of nitrogens with zero attached hydrogens (tertiary/aromatic N) is 5. The molecule has 53 heavy (non-hydrogen) atoms. The summed E-state index contributed by atoms with van der Waals surface area (Å²) in [6, 6.07) is 28.9. The van der Waals surface area contributed by atoms with Crippen molar-refractivity contribution in [3.63, 3.8) is 0 Å². The van der Waals surface area contributed by atoms with Crippen LogP contribution in [0.2, 0.25) is 0 Å². The maximum Gasteiger partial charge on any atom is 0.408 e. The zero-order valence-corrected chi connectivity index (χ0v) is 29.3. The van der Waals surface area contributed by atoms with Gasteiger partial charge >= 0.3 is 6.09 Å². The van der Waals surface area contributed by atoms with Crippen molar-refractivity contribution in [2.45, 2.75) is 56.3 Å². The van der Waals surface area contributed by atoms with Gasteiger partial charge < -0.3 is 29.7 Å². The van der Waals surface area contributed by atoms with Crippen molar-refractivity contribution in [2.24, 2.45) is 5.92 Å². The number of thioether (sulfide) groups is 1. The van der Waals surface area contributed by atoms with Gasteiger partial charge in [-0.3, -0.25) is 9.59 Å². The fourth-order valence-electron chi connectivity index (χ4n) is 6.22. The first-order valence-electron chi connectivity index (χ1n) is 16.9. The van der Waals surface area contributed by atoms with Gasteiger partial charge in [0.15, 0.2) is 6.29 Å². The fraction of sp³-hybridized carbons (Fsp3) is 0.263. The molecule has 0 radical (unpaired) electrons. The van der Waals surface area contributed by atoms with Gasteiger partial charge in [0, 0.05) is 17.2 Å². The predicted octanol–water partition coefficient (Wildman–Crippen LogP) is 5.00. The van der Waals surface area contributed by atoms with Gasteiger partial charge in [0.25, 0.3) is 5.91 Å². The van der Waals surface area contributed by atoms with E-state index in [9.17, 15) is 24.6 Å². The molecular weight excluding hydrogens is 701 g/mol. The summed E-state index contributed by atoms with van der Waals surface area (Å²) in [5.41, 5.74) is 4.02. The molecule has 0 aliphatic carbocycles. The van der Waals surface area contributed by atoms with Gasteiger partial charge in [0.1, 0.15) is 18.4 Å². The molecule has 0 spiro atoms. The van der Waals surface area contributed by atoms with Gasteiger partial charge in [-0.2, -0.15) is 4.68 Å². The van der Waals surface area contributed by atoms with E-state index in [4.69, 9.17) is 14.2 Å². The third kappa shape index (κ3) is 8.08. The Morgan fingerprint density at radius 2 is 1.70 bits per heavy atom. The number of ether oxygens (including phenoxy) is 3. The number of tetrazole rings is 1. The first-order chi connectivity index (χ1) is 25.8. The Bertz CT molecular complexity index is 2060. The summed E-state index contributed by atoms with van der Waals surface area (Å²) in [7, 11) is 0. The molecular formula is C38H36N6O8S. The number of alkyl carbamates (subject to hydrolysis) is 1. The molecule has 0 bridgehead atoms. The fourth-order valence-corrected chi connectivity index (χ4v) is 7.28. The number of nitrogens with one attached hydrogen (secondary N) is 1. The first kappa shape index (κ1) is 35.8. The minimum atomic E-state index is -1.08. The van der Waals surface area contributed by atoms with Gasteiger partial charge in [-0.15, -0.1) is 5.10 Å². The number of hydrogen-bond donors (Lipinski definition) is 3. The number of amides is 3. The third-order valence-electron chi connectivity index (χ3n) is 9.09. The molecule has 4 aromatic carbocycles. The van der Waals surface area contributed by atoms with Gasteiger partial charge in [-0.05, 0) is 63.5 Å². The van der Waals surface area contributed by atoms with E-state index in [0.29, 0.717) is 27.8 Å². The monoisotopic (exact) mass is 736 g/mol. The van der Waals surface area contributed by atoms with E-state index >= 15 is 0 Å². The first-order valence-corrected chi connectivity index (χ1v) is 17.9. The van der Waals surface area contributed by atoms with Crippen LogP contribution in [-0.4, -0.2) is 66.2 Å². The van der Waals surface area contributed by atoms with E-state index in [1.807, 2.05) is 61.5 Å². The van der Waals surface area contributed by atoms with Gasteiger partial charge in [0.2, 0.25) is 11.1 Å². The molecule has 3 N–H and O–H groups in total. The van der Waals surface area contributed by atoms with Crippen LogP contribution in [-0.2, 0) is 37.0 Å².